The molecule has 1 heterocycles. The van der Waals surface area contributed by atoms with Crippen LogP contribution >= 0.6 is 0 Å². The van der Waals surface area contributed by atoms with Gasteiger partial charge in [0.2, 0.25) is 5.88 Å². The van der Waals surface area contributed by atoms with Gasteiger partial charge in [0.25, 0.3) is 0 Å². The van der Waals surface area contributed by atoms with Gasteiger partial charge in [-0.25, -0.2) is 4.98 Å². The molecule has 0 bridgehead atoms. The number of methoxy groups -OCH3 is 1. The summed E-state index contributed by atoms with van der Waals surface area (Å²) in [6.07, 6.45) is 1.74. The van der Waals surface area contributed by atoms with Crippen LogP contribution in [0.2, 0.25) is 0 Å². The van der Waals surface area contributed by atoms with Gasteiger partial charge in [0.1, 0.15) is 5.75 Å². The van der Waals surface area contributed by atoms with E-state index in [0.717, 1.165) is 24.4 Å². The van der Waals surface area contributed by atoms with E-state index in [0.29, 0.717) is 12.5 Å². The van der Waals surface area contributed by atoms with E-state index >= 15 is 0 Å². The lowest BCUT2D eigenvalue weighted by Gasteiger charge is -2.19. The fourth-order valence-corrected chi connectivity index (χ4v) is 2.30. The second-order valence-corrected chi connectivity index (χ2v) is 4.88. The van der Waals surface area contributed by atoms with Crippen LogP contribution in [-0.2, 0) is 13.1 Å². The third-order valence-corrected chi connectivity index (χ3v) is 3.20. The van der Waals surface area contributed by atoms with E-state index in [1.54, 1.807) is 13.3 Å². The number of aromatic nitrogens is 1. The standard InChI is InChI=1S/C17H22N2O2/c1-4-21-16-10-6-5-8-14(16)12-19(2)13-15-9-7-11-18-17(15)20-3/h5-11H,4,12-13H2,1-3H3. The number of rotatable bonds is 7. The molecule has 0 saturated heterocycles. The number of para-hydroxylation sites is 1. The highest BCUT2D eigenvalue weighted by Crippen LogP contribution is 2.21. The average molecular weight is 286 g/mol. The van der Waals surface area contributed by atoms with Crippen molar-refractivity contribution in [1.82, 2.24) is 9.88 Å². The summed E-state index contributed by atoms with van der Waals surface area (Å²) in [4.78, 5) is 6.45. The quantitative estimate of drug-likeness (QED) is 0.783. The van der Waals surface area contributed by atoms with Gasteiger partial charge < -0.3 is 9.47 Å². The summed E-state index contributed by atoms with van der Waals surface area (Å²) in [6, 6.07) is 12.1. The maximum absolute atomic E-state index is 5.67. The zero-order valence-electron chi connectivity index (χ0n) is 12.9. The van der Waals surface area contributed by atoms with E-state index in [4.69, 9.17) is 9.47 Å². The predicted molar refractivity (Wildman–Crippen MR) is 83.6 cm³/mol. The van der Waals surface area contributed by atoms with Crippen molar-refractivity contribution in [2.24, 2.45) is 0 Å². The maximum atomic E-state index is 5.67. The second-order valence-electron chi connectivity index (χ2n) is 4.88. The molecular formula is C17H22N2O2. The zero-order valence-corrected chi connectivity index (χ0v) is 12.9. The Morgan fingerprint density at radius 1 is 1.05 bits per heavy atom. The molecular weight excluding hydrogens is 264 g/mol. The summed E-state index contributed by atoms with van der Waals surface area (Å²) < 4.78 is 11.0. The van der Waals surface area contributed by atoms with Gasteiger partial charge in [0.05, 0.1) is 13.7 Å². The molecule has 1 aromatic heterocycles. The Bertz CT molecular complexity index is 572. The molecule has 0 fully saturated rings. The molecule has 2 rings (SSSR count). The third-order valence-electron chi connectivity index (χ3n) is 3.20. The van der Waals surface area contributed by atoms with E-state index in [2.05, 4.69) is 23.0 Å². The lowest BCUT2D eigenvalue weighted by molar-refractivity contribution is 0.291. The van der Waals surface area contributed by atoms with Crippen LogP contribution in [0.25, 0.3) is 0 Å². The number of nitrogens with zero attached hydrogens (tertiary/aromatic N) is 2. The maximum Gasteiger partial charge on any atom is 0.217 e. The highest BCUT2D eigenvalue weighted by Gasteiger charge is 2.10. The van der Waals surface area contributed by atoms with Crippen LogP contribution in [0.4, 0.5) is 0 Å². The van der Waals surface area contributed by atoms with E-state index in [9.17, 15) is 0 Å². The fraction of sp³-hybridized carbons (Fsp3) is 0.353. The van der Waals surface area contributed by atoms with Crippen molar-refractivity contribution in [3.63, 3.8) is 0 Å². The van der Waals surface area contributed by atoms with Gasteiger partial charge in [0.15, 0.2) is 0 Å². The van der Waals surface area contributed by atoms with Crippen molar-refractivity contribution in [3.05, 3.63) is 53.7 Å². The number of benzene rings is 1. The lowest BCUT2D eigenvalue weighted by atomic mass is 10.1. The van der Waals surface area contributed by atoms with Gasteiger partial charge in [-0.3, -0.25) is 4.90 Å². The summed E-state index contributed by atoms with van der Waals surface area (Å²) in [5, 5.41) is 0. The van der Waals surface area contributed by atoms with Gasteiger partial charge in [0, 0.05) is 30.4 Å². The molecule has 0 radical (unpaired) electrons. The molecule has 4 nitrogen and oxygen atoms in total. The van der Waals surface area contributed by atoms with Crippen molar-refractivity contribution in [2.45, 2.75) is 20.0 Å². The molecule has 0 N–H and O–H groups in total. The second kappa shape index (κ2) is 7.64. The van der Waals surface area contributed by atoms with E-state index in [1.165, 1.54) is 5.56 Å². The number of hydrogen-bond acceptors (Lipinski definition) is 4. The summed E-state index contributed by atoms with van der Waals surface area (Å²) in [5.41, 5.74) is 2.26. The SMILES string of the molecule is CCOc1ccccc1CN(C)Cc1cccnc1OC. The Balaban J connectivity index is 2.06. The number of pyridine rings is 1. The Morgan fingerprint density at radius 2 is 1.76 bits per heavy atom. The zero-order chi connectivity index (χ0) is 15.1. The first-order valence-corrected chi connectivity index (χ1v) is 7.11. The Labute approximate surface area is 126 Å². The summed E-state index contributed by atoms with van der Waals surface area (Å²) >= 11 is 0. The van der Waals surface area contributed by atoms with Gasteiger partial charge >= 0.3 is 0 Å². The van der Waals surface area contributed by atoms with Gasteiger partial charge in [-0.1, -0.05) is 24.3 Å². The molecule has 0 spiro atoms. The van der Waals surface area contributed by atoms with Crippen LogP contribution in [0.1, 0.15) is 18.1 Å². The van der Waals surface area contributed by atoms with Crippen molar-refractivity contribution in [1.29, 1.82) is 0 Å². The van der Waals surface area contributed by atoms with Crippen LogP contribution in [0.5, 0.6) is 11.6 Å². The fourth-order valence-electron chi connectivity index (χ4n) is 2.30. The molecule has 2 aromatic rings. The van der Waals surface area contributed by atoms with Crippen LogP contribution in [0, 0.1) is 0 Å². The molecule has 4 heteroatoms. The summed E-state index contributed by atoms with van der Waals surface area (Å²) in [7, 11) is 3.73. The molecule has 0 atom stereocenters. The topological polar surface area (TPSA) is 34.6 Å². The highest BCUT2D eigenvalue weighted by atomic mass is 16.5. The summed E-state index contributed by atoms with van der Waals surface area (Å²) in [5.74, 6) is 1.63. The van der Waals surface area contributed by atoms with Crippen LogP contribution < -0.4 is 9.47 Å². The smallest absolute Gasteiger partial charge is 0.217 e. The van der Waals surface area contributed by atoms with Crippen LogP contribution in [-0.4, -0.2) is 30.6 Å². The lowest BCUT2D eigenvalue weighted by Crippen LogP contribution is -2.18. The highest BCUT2D eigenvalue weighted by molar-refractivity contribution is 5.33. The van der Waals surface area contributed by atoms with Crippen LogP contribution in [0.3, 0.4) is 0 Å². The monoisotopic (exact) mass is 286 g/mol. The Morgan fingerprint density at radius 3 is 2.52 bits per heavy atom. The van der Waals surface area contributed by atoms with Crippen molar-refractivity contribution in [3.8, 4) is 11.6 Å². The first-order chi connectivity index (χ1) is 10.2. The molecule has 0 aliphatic carbocycles. The van der Waals surface area contributed by atoms with Crippen molar-refractivity contribution >= 4 is 0 Å². The summed E-state index contributed by atoms with van der Waals surface area (Å²) in [6.45, 7) is 4.27. The average Bonchev–Trinajstić information content (AvgIpc) is 2.50. The predicted octanol–water partition coefficient (Wildman–Crippen LogP) is 3.12. The first kappa shape index (κ1) is 15.3. The van der Waals surface area contributed by atoms with Gasteiger partial charge in [-0.2, -0.15) is 0 Å². The molecule has 0 saturated carbocycles. The molecule has 0 amide bonds. The minimum atomic E-state index is 0.678. The normalized spacial score (nSPS) is 10.7. The van der Waals surface area contributed by atoms with Crippen LogP contribution in [0.15, 0.2) is 42.6 Å². The van der Waals surface area contributed by atoms with Crippen molar-refractivity contribution < 1.29 is 9.47 Å². The van der Waals surface area contributed by atoms with Crippen molar-refractivity contribution in [2.75, 3.05) is 20.8 Å². The first-order valence-electron chi connectivity index (χ1n) is 7.11. The number of hydrogen-bond donors (Lipinski definition) is 0. The molecule has 1 aromatic carbocycles. The van der Waals surface area contributed by atoms with E-state index < -0.39 is 0 Å². The largest absolute Gasteiger partial charge is 0.494 e. The van der Waals surface area contributed by atoms with E-state index in [1.807, 2.05) is 37.3 Å². The molecule has 0 aliphatic rings. The third kappa shape index (κ3) is 4.20. The van der Waals surface area contributed by atoms with Gasteiger partial charge in [-0.05, 0) is 26.1 Å². The number of ether oxygens (including phenoxy) is 2. The Kier molecular flexibility index (Phi) is 5.58. The molecule has 0 unspecified atom stereocenters. The van der Waals surface area contributed by atoms with Gasteiger partial charge in [-0.15, -0.1) is 0 Å². The Hall–Kier alpha value is -2.07. The van der Waals surface area contributed by atoms with E-state index in [-0.39, 0.29) is 0 Å². The minimum absolute atomic E-state index is 0.678. The molecule has 21 heavy (non-hydrogen) atoms. The minimum Gasteiger partial charge on any atom is -0.494 e. The molecule has 112 valence electrons. The molecule has 0 aliphatic heterocycles.